The molecule has 0 amide bonds. The molecule has 6 atom stereocenters. The fraction of sp³-hybridized carbons (Fsp3) is 1.00. The molecule has 3 rings (SSSR count). The van der Waals surface area contributed by atoms with Crippen LogP contribution in [0.25, 0.3) is 0 Å². The molecular formula is C24H45B. The zero-order valence-corrected chi connectivity index (χ0v) is 17.6. The Morgan fingerprint density at radius 3 is 1.08 bits per heavy atom. The molecule has 0 aromatic rings. The maximum atomic E-state index is 2.52. The minimum Gasteiger partial charge on any atom is -0.0739 e. The van der Waals surface area contributed by atoms with E-state index in [0.717, 1.165) is 42.2 Å². The van der Waals surface area contributed by atoms with Gasteiger partial charge in [-0.2, -0.15) is 0 Å². The Hall–Kier alpha value is 0.0649. The standard InChI is InChI=1S/C24H45B/c1-19-7-4-10-22(19)13-16-25(17-14-23-11-5-8-20(23)2)18-15-24-12-6-9-21(24)3/h19-24H,4-18H2,1-3H3/t19-,20-,21+,22+,23+,24-/m0/s1. The summed E-state index contributed by atoms with van der Waals surface area (Å²) in [5.74, 6) is 6.26. The summed E-state index contributed by atoms with van der Waals surface area (Å²) in [6, 6.07) is 0. The second kappa shape index (κ2) is 9.84. The predicted octanol–water partition coefficient (Wildman–Crippen LogP) is 7.96. The Balaban J connectivity index is 1.45. The molecule has 3 aliphatic carbocycles. The van der Waals surface area contributed by atoms with Crippen molar-refractivity contribution in [3.05, 3.63) is 0 Å². The smallest absolute Gasteiger partial charge is 0.0739 e. The van der Waals surface area contributed by atoms with E-state index in [2.05, 4.69) is 20.8 Å². The third kappa shape index (κ3) is 5.77. The van der Waals surface area contributed by atoms with E-state index in [-0.39, 0.29) is 0 Å². The molecule has 0 aliphatic heterocycles. The maximum absolute atomic E-state index is 2.52. The number of rotatable bonds is 9. The van der Waals surface area contributed by atoms with Crippen LogP contribution in [-0.4, -0.2) is 6.71 Å². The number of hydrogen-bond donors (Lipinski definition) is 0. The lowest BCUT2D eigenvalue weighted by atomic mass is 9.40. The summed E-state index contributed by atoms with van der Waals surface area (Å²) in [7, 11) is 0. The van der Waals surface area contributed by atoms with E-state index in [1.165, 1.54) is 57.8 Å². The Bertz CT molecular complexity index is 321. The van der Waals surface area contributed by atoms with E-state index in [0.29, 0.717) is 0 Å². The molecule has 3 fully saturated rings. The second-order valence-corrected chi connectivity index (χ2v) is 10.6. The van der Waals surface area contributed by atoms with Crippen molar-refractivity contribution < 1.29 is 0 Å². The van der Waals surface area contributed by atoms with Gasteiger partial charge in [-0.05, 0) is 35.5 Å². The molecule has 144 valence electrons. The molecule has 3 aliphatic rings. The van der Waals surface area contributed by atoms with Gasteiger partial charge >= 0.3 is 0 Å². The summed E-state index contributed by atoms with van der Waals surface area (Å²) in [5, 5.41) is 0. The molecule has 0 heterocycles. The average molecular weight is 344 g/mol. The number of hydrogen-bond acceptors (Lipinski definition) is 0. The fourth-order valence-electron chi connectivity index (χ4n) is 6.74. The summed E-state index contributed by atoms with van der Waals surface area (Å²) < 4.78 is 0. The van der Waals surface area contributed by atoms with Gasteiger partial charge in [-0.1, -0.05) is 117 Å². The summed E-state index contributed by atoms with van der Waals surface area (Å²) in [5.41, 5.74) is 0. The van der Waals surface area contributed by atoms with Crippen LogP contribution in [0.15, 0.2) is 0 Å². The van der Waals surface area contributed by atoms with Crippen LogP contribution in [-0.2, 0) is 0 Å². The highest BCUT2D eigenvalue weighted by atomic mass is 14.3. The molecule has 0 N–H and O–H groups in total. The van der Waals surface area contributed by atoms with Crippen LogP contribution in [0.1, 0.15) is 97.8 Å². The second-order valence-electron chi connectivity index (χ2n) is 10.6. The predicted molar refractivity (Wildman–Crippen MR) is 114 cm³/mol. The lowest BCUT2D eigenvalue weighted by Gasteiger charge is -2.23. The van der Waals surface area contributed by atoms with E-state index in [1.807, 2.05) is 0 Å². The van der Waals surface area contributed by atoms with Gasteiger partial charge in [-0.15, -0.1) is 0 Å². The molecule has 0 nitrogen and oxygen atoms in total. The Kier molecular flexibility index (Phi) is 7.80. The van der Waals surface area contributed by atoms with E-state index in [9.17, 15) is 0 Å². The molecule has 0 aromatic carbocycles. The van der Waals surface area contributed by atoms with Gasteiger partial charge < -0.3 is 0 Å². The first-order chi connectivity index (χ1) is 12.1. The quantitative estimate of drug-likeness (QED) is 0.372. The highest BCUT2D eigenvalue weighted by Gasteiger charge is 2.29. The van der Waals surface area contributed by atoms with Crippen LogP contribution in [0.2, 0.25) is 19.0 Å². The van der Waals surface area contributed by atoms with Gasteiger partial charge in [0, 0.05) is 0 Å². The van der Waals surface area contributed by atoms with Crippen LogP contribution in [0, 0.1) is 35.5 Å². The van der Waals surface area contributed by atoms with Crippen LogP contribution in [0.3, 0.4) is 0 Å². The summed E-state index contributed by atoms with van der Waals surface area (Å²) >= 11 is 0. The van der Waals surface area contributed by atoms with Crippen molar-refractivity contribution in [2.75, 3.05) is 0 Å². The molecule has 25 heavy (non-hydrogen) atoms. The molecule has 0 radical (unpaired) electrons. The third-order valence-electron chi connectivity index (χ3n) is 8.95. The van der Waals surface area contributed by atoms with Gasteiger partial charge in [0.15, 0.2) is 0 Å². The molecular weight excluding hydrogens is 299 g/mol. The average Bonchev–Trinajstić information content (AvgIpc) is 3.30. The van der Waals surface area contributed by atoms with Crippen LogP contribution in [0.4, 0.5) is 0 Å². The zero-order chi connectivity index (χ0) is 17.6. The monoisotopic (exact) mass is 344 g/mol. The normalized spacial score (nSPS) is 38.5. The Morgan fingerprint density at radius 2 is 0.840 bits per heavy atom. The van der Waals surface area contributed by atoms with Crippen molar-refractivity contribution in [2.45, 2.75) is 117 Å². The topological polar surface area (TPSA) is 0 Å². The lowest BCUT2D eigenvalue weighted by Crippen LogP contribution is -2.19. The summed E-state index contributed by atoms with van der Waals surface area (Å²) in [6.45, 7) is 8.61. The molecule has 0 bridgehead atoms. The van der Waals surface area contributed by atoms with Crippen molar-refractivity contribution in [2.24, 2.45) is 35.5 Å². The van der Waals surface area contributed by atoms with E-state index >= 15 is 0 Å². The van der Waals surface area contributed by atoms with Gasteiger partial charge in [-0.3, -0.25) is 0 Å². The third-order valence-corrected chi connectivity index (χ3v) is 8.95. The first-order valence-electron chi connectivity index (χ1n) is 12.1. The van der Waals surface area contributed by atoms with Gasteiger partial charge in [0.25, 0.3) is 0 Å². The van der Waals surface area contributed by atoms with Crippen molar-refractivity contribution in [3.8, 4) is 0 Å². The van der Waals surface area contributed by atoms with Crippen LogP contribution < -0.4 is 0 Å². The molecule has 3 saturated carbocycles. The Labute approximate surface area is 159 Å². The first kappa shape index (κ1) is 19.8. The first-order valence-corrected chi connectivity index (χ1v) is 12.1. The SMILES string of the molecule is C[C@@H]1CCC[C@H]1CCB(CC[C@H]1CCC[C@@H]1C)CC[C@H]1CCC[C@@H]1C. The largest absolute Gasteiger partial charge is 0.139 e. The van der Waals surface area contributed by atoms with Gasteiger partial charge in [-0.25, -0.2) is 0 Å². The zero-order valence-electron chi connectivity index (χ0n) is 17.6. The van der Waals surface area contributed by atoms with Crippen molar-refractivity contribution in [1.82, 2.24) is 0 Å². The highest BCUT2D eigenvalue weighted by molar-refractivity contribution is 6.58. The molecule has 0 saturated heterocycles. The lowest BCUT2D eigenvalue weighted by molar-refractivity contribution is 0.393. The van der Waals surface area contributed by atoms with Gasteiger partial charge in [0.05, 0.1) is 0 Å². The van der Waals surface area contributed by atoms with Crippen LogP contribution >= 0.6 is 0 Å². The van der Waals surface area contributed by atoms with Gasteiger partial charge in [0.2, 0.25) is 0 Å². The van der Waals surface area contributed by atoms with E-state index in [4.69, 9.17) is 0 Å². The maximum Gasteiger partial charge on any atom is 0.139 e. The van der Waals surface area contributed by atoms with Crippen molar-refractivity contribution in [1.29, 1.82) is 0 Å². The molecule has 0 aromatic heterocycles. The molecule has 0 spiro atoms. The molecule has 1 heteroatoms. The minimum atomic E-state index is 1.02. The van der Waals surface area contributed by atoms with E-state index < -0.39 is 0 Å². The van der Waals surface area contributed by atoms with Crippen molar-refractivity contribution >= 4 is 6.71 Å². The van der Waals surface area contributed by atoms with Crippen molar-refractivity contribution in [3.63, 3.8) is 0 Å². The Morgan fingerprint density at radius 1 is 0.520 bits per heavy atom. The highest BCUT2D eigenvalue weighted by Crippen LogP contribution is 2.39. The van der Waals surface area contributed by atoms with Crippen LogP contribution in [0.5, 0.6) is 0 Å². The fourth-order valence-corrected chi connectivity index (χ4v) is 6.74. The summed E-state index contributed by atoms with van der Waals surface area (Å²) in [6.07, 6.45) is 23.0. The summed E-state index contributed by atoms with van der Waals surface area (Å²) in [4.78, 5) is 0. The molecule has 0 unspecified atom stereocenters. The minimum absolute atomic E-state index is 1.02. The van der Waals surface area contributed by atoms with E-state index in [1.54, 1.807) is 38.2 Å². The van der Waals surface area contributed by atoms with Gasteiger partial charge in [0.1, 0.15) is 6.71 Å².